The fraction of sp³-hybridized carbons (Fsp3) is 0.455. The van der Waals surface area contributed by atoms with Crippen LogP contribution in [0.1, 0.15) is 29.2 Å². The molecule has 0 fully saturated rings. The van der Waals surface area contributed by atoms with Crippen LogP contribution >= 0.6 is 11.3 Å². The molecule has 5 heteroatoms. The molecule has 2 N–H and O–H groups in total. The second kappa shape index (κ2) is 3.90. The van der Waals surface area contributed by atoms with Gasteiger partial charge in [0.25, 0.3) is 5.91 Å². The van der Waals surface area contributed by atoms with Gasteiger partial charge in [-0.1, -0.05) is 13.8 Å². The van der Waals surface area contributed by atoms with Gasteiger partial charge in [-0.25, -0.2) is 0 Å². The average molecular weight is 237 g/mol. The van der Waals surface area contributed by atoms with E-state index in [1.807, 2.05) is 17.7 Å². The smallest absolute Gasteiger partial charge is 0.258 e. The summed E-state index contributed by atoms with van der Waals surface area (Å²) >= 11 is 1.42. The number of hydrogen-bond acceptors (Lipinski definition) is 3. The Hall–Kier alpha value is -1.36. The van der Waals surface area contributed by atoms with E-state index < -0.39 is 0 Å². The van der Waals surface area contributed by atoms with E-state index >= 15 is 0 Å². The molecule has 0 aliphatic rings. The third-order valence-corrected chi connectivity index (χ3v) is 3.55. The molecule has 4 nitrogen and oxygen atoms in total. The van der Waals surface area contributed by atoms with Crippen LogP contribution in [0.2, 0.25) is 0 Å². The first-order valence-electron chi connectivity index (χ1n) is 5.25. The minimum absolute atomic E-state index is 0.364. The number of carbonyl (C=O) groups is 1. The summed E-state index contributed by atoms with van der Waals surface area (Å²) in [6.45, 7) is 7.11. The lowest BCUT2D eigenvalue weighted by molar-refractivity contribution is 0.100. The van der Waals surface area contributed by atoms with E-state index in [4.69, 9.17) is 5.73 Å². The summed E-state index contributed by atoms with van der Waals surface area (Å²) in [4.78, 5) is 12.8. The number of carbonyl (C=O) groups excluding carboxylic acids is 1. The van der Waals surface area contributed by atoms with Crippen molar-refractivity contribution in [2.75, 3.05) is 0 Å². The number of rotatable bonds is 3. The minimum Gasteiger partial charge on any atom is -0.365 e. The summed E-state index contributed by atoms with van der Waals surface area (Å²) < 4.78 is 1.96. The van der Waals surface area contributed by atoms with E-state index in [0.717, 1.165) is 22.5 Å². The first-order chi connectivity index (χ1) is 7.49. The average Bonchev–Trinajstić information content (AvgIpc) is 2.68. The van der Waals surface area contributed by atoms with Crippen LogP contribution in [0.15, 0.2) is 6.07 Å². The Morgan fingerprint density at radius 1 is 1.62 bits per heavy atom. The van der Waals surface area contributed by atoms with Gasteiger partial charge in [-0.3, -0.25) is 9.48 Å². The molecule has 0 unspecified atom stereocenters. The first-order valence-corrected chi connectivity index (χ1v) is 6.07. The summed E-state index contributed by atoms with van der Waals surface area (Å²) in [6.07, 6.45) is 0. The van der Waals surface area contributed by atoms with Gasteiger partial charge in [-0.15, -0.1) is 11.3 Å². The SMILES string of the molecule is Cc1nn(CC(C)C)c2sc(C(N)=O)cc12. The van der Waals surface area contributed by atoms with Gasteiger partial charge in [-0.05, 0) is 18.9 Å². The first kappa shape index (κ1) is 11.1. The van der Waals surface area contributed by atoms with Crippen molar-refractivity contribution in [3.63, 3.8) is 0 Å². The van der Waals surface area contributed by atoms with Gasteiger partial charge in [0.1, 0.15) is 4.83 Å². The highest BCUT2D eigenvalue weighted by atomic mass is 32.1. The second-order valence-electron chi connectivity index (χ2n) is 4.36. The van der Waals surface area contributed by atoms with E-state index in [1.165, 1.54) is 11.3 Å². The number of hydrogen-bond donors (Lipinski definition) is 1. The van der Waals surface area contributed by atoms with Crippen LogP contribution in [0.4, 0.5) is 0 Å². The molecule has 0 aromatic carbocycles. The predicted octanol–water partition coefficient (Wildman–Crippen LogP) is 2.16. The van der Waals surface area contributed by atoms with Crippen molar-refractivity contribution in [1.82, 2.24) is 9.78 Å². The molecule has 0 aliphatic heterocycles. The largest absolute Gasteiger partial charge is 0.365 e. The van der Waals surface area contributed by atoms with Gasteiger partial charge in [0.2, 0.25) is 0 Å². The molecule has 0 radical (unpaired) electrons. The number of thiophene rings is 1. The van der Waals surface area contributed by atoms with Gasteiger partial charge in [0, 0.05) is 11.9 Å². The molecule has 86 valence electrons. The lowest BCUT2D eigenvalue weighted by atomic mass is 10.2. The summed E-state index contributed by atoms with van der Waals surface area (Å²) in [7, 11) is 0. The fourth-order valence-corrected chi connectivity index (χ4v) is 2.73. The van der Waals surface area contributed by atoms with Crippen molar-refractivity contribution >= 4 is 27.5 Å². The molecule has 0 spiro atoms. The van der Waals surface area contributed by atoms with Gasteiger partial charge in [-0.2, -0.15) is 5.10 Å². The zero-order valence-electron chi connectivity index (χ0n) is 9.65. The molecule has 16 heavy (non-hydrogen) atoms. The lowest BCUT2D eigenvalue weighted by Gasteiger charge is -2.04. The normalized spacial score (nSPS) is 11.5. The molecule has 0 saturated carbocycles. The Morgan fingerprint density at radius 3 is 2.88 bits per heavy atom. The van der Waals surface area contributed by atoms with Crippen LogP contribution in [0.5, 0.6) is 0 Å². The second-order valence-corrected chi connectivity index (χ2v) is 5.39. The van der Waals surface area contributed by atoms with Crippen molar-refractivity contribution in [2.45, 2.75) is 27.3 Å². The summed E-state index contributed by atoms with van der Waals surface area (Å²) in [5.41, 5.74) is 6.24. The number of nitrogens with two attached hydrogens (primary N) is 1. The Bertz CT molecular complexity index is 539. The molecule has 0 atom stereocenters. The van der Waals surface area contributed by atoms with Crippen molar-refractivity contribution < 1.29 is 4.79 Å². The van der Waals surface area contributed by atoms with Crippen molar-refractivity contribution in [2.24, 2.45) is 11.7 Å². The molecule has 2 aromatic rings. The van der Waals surface area contributed by atoms with Gasteiger partial charge >= 0.3 is 0 Å². The Morgan fingerprint density at radius 2 is 2.31 bits per heavy atom. The predicted molar refractivity (Wildman–Crippen MR) is 65.7 cm³/mol. The Labute approximate surface area is 98.1 Å². The van der Waals surface area contributed by atoms with E-state index in [1.54, 1.807) is 0 Å². The Balaban J connectivity index is 2.54. The fourth-order valence-electron chi connectivity index (χ4n) is 1.70. The molecule has 0 aliphatic carbocycles. The molecular weight excluding hydrogens is 222 g/mol. The Kier molecular flexibility index (Phi) is 2.71. The molecule has 2 heterocycles. The number of aryl methyl sites for hydroxylation is 1. The quantitative estimate of drug-likeness (QED) is 0.889. The van der Waals surface area contributed by atoms with Crippen molar-refractivity contribution in [1.29, 1.82) is 0 Å². The third-order valence-electron chi connectivity index (χ3n) is 2.39. The van der Waals surface area contributed by atoms with Crippen LogP contribution in [0.3, 0.4) is 0 Å². The number of amides is 1. The van der Waals surface area contributed by atoms with Crippen LogP contribution < -0.4 is 5.73 Å². The highest BCUT2D eigenvalue weighted by Gasteiger charge is 2.14. The molecular formula is C11H15N3OS. The lowest BCUT2D eigenvalue weighted by Crippen LogP contribution is -2.08. The number of nitrogens with zero attached hydrogens (tertiary/aromatic N) is 2. The molecule has 0 bridgehead atoms. The molecule has 1 amide bonds. The number of fused-ring (bicyclic) bond motifs is 1. The topological polar surface area (TPSA) is 60.9 Å². The highest BCUT2D eigenvalue weighted by Crippen LogP contribution is 2.28. The van der Waals surface area contributed by atoms with Crippen LogP contribution in [-0.2, 0) is 6.54 Å². The van der Waals surface area contributed by atoms with Crippen LogP contribution in [0, 0.1) is 12.8 Å². The van der Waals surface area contributed by atoms with E-state index in [9.17, 15) is 4.79 Å². The van der Waals surface area contributed by atoms with E-state index in [0.29, 0.717) is 10.8 Å². The van der Waals surface area contributed by atoms with E-state index in [-0.39, 0.29) is 5.91 Å². The monoisotopic (exact) mass is 237 g/mol. The van der Waals surface area contributed by atoms with Gasteiger partial charge < -0.3 is 5.73 Å². The molecule has 2 aromatic heterocycles. The summed E-state index contributed by atoms with van der Waals surface area (Å²) in [5, 5.41) is 5.51. The zero-order valence-corrected chi connectivity index (χ0v) is 10.5. The molecule has 2 rings (SSSR count). The molecule has 0 saturated heterocycles. The van der Waals surface area contributed by atoms with E-state index in [2.05, 4.69) is 18.9 Å². The highest BCUT2D eigenvalue weighted by molar-refractivity contribution is 7.20. The summed E-state index contributed by atoms with van der Waals surface area (Å²) in [5.74, 6) is 0.165. The zero-order chi connectivity index (χ0) is 11.9. The maximum absolute atomic E-state index is 11.1. The summed E-state index contributed by atoms with van der Waals surface area (Å²) in [6, 6.07) is 1.83. The van der Waals surface area contributed by atoms with Crippen LogP contribution in [-0.4, -0.2) is 15.7 Å². The standard InChI is InChI=1S/C11H15N3OS/c1-6(2)5-14-11-8(7(3)13-14)4-9(16-11)10(12)15/h4,6H,5H2,1-3H3,(H2,12,15). The van der Waals surface area contributed by atoms with Crippen molar-refractivity contribution in [3.8, 4) is 0 Å². The number of primary amides is 1. The van der Waals surface area contributed by atoms with Gasteiger partial charge in [0.15, 0.2) is 0 Å². The minimum atomic E-state index is -0.364. The van der Waals surface area contributed by atoms with Crippen LogP contribution in [0.25, 0.3) is 10.2 Å². The number of aromatic nitrogens is 2. The third kappa shape index (κ3) is 1.82. The van der Waals surface area contributed by atoms with Gasteiger partial charge in [0.05, 0.1) is 10.6 Å². The maximum Gasteiger partial charge on any atom is 0.258 e. The maximum atomic E-state index is 11.1. The van der Waals surface area contributed by atoms with Crippen molar-refractivity contribution in [3.05, 3.63) is 16.6 Å².